The summed E-state index contributed by atoms with van der Waals surface area (Å²) in [6, 6.07) is 10.1. The van der Waals surface area contributed by atoms with Crippen molar-refractivity contribution in [3.8, 4) is 5.75 Å². The van der Waals surface area contributed by atoms with Crippen LogP contribution < -0.4 is 11.1 Å². The smallest absolute Gasteiger partial charge is 0.241 e. The molecule has 0 aliphatic heterocycles. The number of anilines is 1. The van der Waals surface area contributed by atoms with Crippen molar-refractivity contribution in [1.29, 1.82) is 0 Å². The fourth-order valence-corrected chi connectivity index (χ4v) is 1.81. The van der Waals surface area contributed by atoms with Crippen molar-refractivity contribution in [3.63, 3.8) is 0 Å². The van der Waals surface area contributed by atoms with E-state index in [-0.39, 0.29) is 11.7 Å². The van der Waals surface area contributed by atoms with Gasteiger partial charge in [0.25, 0.3) is 0 Å². The van der Waals surface area contributed by atoms with Gasteiger partial charge in [0.2, 0.25) is 5.91 Å². The van der Waals surface area contributed by atoms with Crippen LogP contribution in [-0.2, 0) is 4.79 Å². The molecular formula is C14H16N2O2. The Labute approximate surface area is 105 Å². The highest BCUT2D eigenvalue weighted by atomic mass is 16.3. The second kappa shape index (κ2) is 5.06. The first-order chi connectivity index (χ1) is 8.63. The maximum atomic E-state index is 11.8. The van der Waals surface area contributed by atoms with Gasteiger partial charge in [-0.05, 0) is 18.6 Å². The second-order valence-electron chi connectivity index (χ2n) is 4.18. The number of nitrogens with two attached hydrogens (primary N) is 1. The van der Waals surface area contributed by atoms with E-state index in [4.69, 9.17) is 5.73 Å². The molecule has 4 nitrogen and oxygen atoms in total. The molecule has 0 aliphatic carbocycles. The molecule has 1 atom stereocenters. The van der Waals surface area contributed by atoms with Crippen LogP contribution in [0.25, 0.3) is 10.8 Å². The molecule has 0 unspecified atom stereocenters. The van der Waals surface area contributed by atoms with E-state index in [0.29, 0.717) is 17.5 Å². The summed E-state index contributed by atoms with van der Waals surface area (Å²) in [6.07, 6.45) is 0.585. The number of hydrogen-bond donors (Lipinski definition) is 3. The molecule has 0 heterocycles. The van der Waals surface area contributed by atoms with Gasteiger partial charge in [-0.3, -0.25) is 4.79 Å². The van der Waals surface area contributed by atoms with Gasteiger partial charge in [-0.15, -0.1) is 0 Å². The molecular weight excluding hydrogens is 228 g/mol. The number of nitrogens with one attached hydrogen (secondary N) is 1. The number of rotatable bonds is 3. The standard InChI is InChI=1S/C14H16N2O2/c1-2-11(15)14(18)16-12-7-3-6-10-9(12)5-4-8-13(10)17/h3-8,11,17H,2,15H2,1H3,(H,16,18)/t11-/m0/s1. The van der Waals surface area contributed by atoms with E-state index in [9.17, 15) is 9.90 Å². The monoisotopic (exact) mass is 244 g/mol. The van der Waals surface area contributed by atoms with Crippen molar-refractivity contribution in [3.05, 3.63) is 36.4 Å². The van der Waals surface area contributed by atoms with Crippen molar-refractivity contribution in [2.24, 2.45) is 5.73 Å². The number of phenols is 1. The predicted octanol–water partition coefficient (Wildman–Crippen LogP) is 2.22. The van der Waals surface area contributed by atoms with Crippen molar-refractivity contribution in [2.75, 3.05) is 5.32 Å². The summed E-state index contributed by atoms with van der Waals surface area (Å²) in [7, 11) is 0. The molecule has 4 N–H and O–H groups in total. The van der Waals surface area contributed by atoms with Crippen LogP contribution in [0.2, 0.25) is 0 Å². The van der Waals surface area contributed by atoms with Gasteiger partial charge < -0.3 is 16.2 Å². The minimum absolute atomic E-state index is 0.198. The zero-order valence-corrected chi connectivity index (χ0v) is 10.2. The Morgan fingerprint density at radius 1 is 1.28 bits per heavy atom. The topological polar surface area (TPSA) is 75.4 Å². The number of aromatic hydroxyl groups is 1. The number of carbonyl (C=O) groups excluding carboxylic acids is 1. The molecule has 2 rings (SSSR count). The molecule has 0 saturated carbocycles. The second-order valence-corrected chi connectivity index (χ2v) is 4.18. The number of amides is 1. The SMILES string of the molecule is CC[C@H](N)C(=O)Nc1cccc2c(O)cccc12. The lowest BCUT2D eigenvalue weighted by Crippen LogP contribution is -2.34. The molecule has 94 valence electrons. The normalized spacial score (nSPS) is 12.3. The zero-order valence-electron chi connectivity index (χ0n) is 10.2. The van der Waals surface area contributed by atoms with Gasteiger partial charge in [0.05, 0.1) is 6.04 Å². The van der Waals surface area contributed by atoms with Gasteiger partial charge in [-0.25, -0.2) is 0 Å². The summed E-state index contributed by atoms with van der Waals surface area (Å²) in [6.45, 7) is 1.86. The lowest BCUT2D eigenvalue weighted by atomic mass is 10.1. The number of phenolic OH excluding ortho intramolecular Hbond substituents is 1. The molecule has 0 bridgehead atoms. The minimum Gasteiger partial charge on any atom is -0.507 e. The summed E-state index contributed by atoms with van der Waals surface area (Å²) in [5.41, 5.74) is 6.34. The Hall–Kier alpha value is -2.07. The van der Waals surface area contributed by atoms with Crippen molar-refractivity contribution in [2.45, 2.75) is 19.4 Å². The molecule has 0 fully saturated rings. The molecule has 0 saturated heterocycles. The Kier molecular flexibility index (Phi) is 3.48. The van der Waals surface area contributed by atoms with E-state index in [2.05, 4.69) is 5.32 Å². The summed E-state index contributed by atoms with van der Waals surface area (Å²) >= 11 is 0. The molecule has 0 aliphatic rings. The zero-order chi connectivity index (χ0) is 13.1. The Morgan fingerprint density at radius 2 is 1.94 bits per heavy atom. The highest BCUT2D eigenvalue weighted by Gasteiger charge is 2.12. The van der Waals surface area contributed by atoms with Gasteiger partial charge in [0, 0.05) is 16.5 Å². The average Bonchev–Trinajstić information content (AvgIpc) is 2.39. The molecule has 1 amide bonds. The Balaban J connectivity index is 2.40. The third-order valence-corrected chi connectivity index (χ3v) is 2.93. The van der Waals surface area contributed by atoms with Gasteiger partial charge >= 0.3 is 0 Å². The van der Waals surface area contributed by atoms with E-state index in [1.165, 1.54) is 0 Å². The number of carbonyl (C=O) groups is 1. The highest BCUT2D eigenvalue weighted by molar-refractivity contribution is 6.05. The molecule has 18 heavy (non-hydrogen) atoms. The van der Waals surface area contributed by atoms with Crippen LogP contribution in [0, 0.1) is 0 Å². The molecule has 0 spiro atoms. The third-order valence-electron chi connectivity index (χ3n) is 2.93. The first-order valence-electron chi connectivity index (χ1n) is 5.90. The molecule has 2 aromatic rings. The van der Waals surface area contributed by atoms with E-state index in [1.54, 1.807) is 30.3 Å². The van der Waals surface area contributed by atoms with Gasteiger partial charge in [-0.1, -0.05) is 31.2 Å². The molecule has 0 radical (unpaired) electrons. The van der Waals surface area contributed by atoms with Crippen LogP contribution in [0.15, 0.2) is 36.4 Å². The summed E-state index contributed by atoms with van der Waals surface area (Å²) in [5, 5.41) is 14.0. The van der Waals surface area contributed by atoms with Crippen molar-refractivity contribution in [1.82, 2.24) is 0 Å². The predicted molar refractivity (Wildman–Crippen MR) is 72.5 cm³/mol. The largest absolute Gasteiger partial charge is 0.507 e. The maximum Gasteiger partial charge on any atom is 0.241 e. The maximum absolute atomic E-state index is 11.8. The summed E-state index contributed by atoms with van der Waals surface area (Å²) in [4.78, 5) is 11.8. The Morgan fingerprint density at radius 3 is 2.67 bits per heavy atom. The van der Waals surface area contributed by atoms with Gasteiger partial charge in [0.1, 0.15) is 5.75 Å². The number of fused-ring (bicyclic) bond motifs is 1. The fourth-order valence-electron chi connectivity index (χ4n) is 1.81. The van der Waals surface area contributed by atoms with Crippen LogP contribution in [0.5, 0.6) is 5.75 Å². The third kappa shape index (κ3) is 2.28. The molecule has 0 aromatic heterocycles. The first-order valence-corrected chi connectivity index (χ1v) is 5.90. The number of benzene rings is 2. The lowest BCUT2D eigenvalue weighted by molar-refractivity contribution is -0.117. The average molecular weight is 244 g/mol. The lowest BCUT2D eigenvalue weighted by Gasteiger charge is -2.12. The molecule has 2 aromatic carbocycles. The fraction of sp³-hybridized carbons (Fsp3) is 0.214. The highest BCUT2D eigenvalue weighted by Crippen LogP contribution is 2.29. The molecule has 4 heteroatoms. The van der Waals surface area contributed by atoms with Gasteiger partial charge in [0.15, 0.2) is 0 Å². The van der Waals surface area contributed by atoms with Crippen molar-refractivity contribution >= 4 is 22.4 Å². The Bertz CT molecular complexity index is 581. The minimum atomic E-state index is -0.516. The summed E-state index contributed by atoms with van der Waals surface area (Å²) in [5.74, 6) is -0.0169. The van der Waals surface area contributed by atoms with E-state index in [1.807, 2.05) is 13.0 Å². The quantitative estimate of drug-likeness (QED) is 0.775. The van der Waals surface area contributed by atoms with E-state index in [0.717, 1.165) is 5.39 Å². The van der Waals surface area contributed by atoms with Crippen LogP contribution in [0.4, 0.5) is 5.69 Å². The van der Waals surface area contributed by atoms with Gasteiger partial charge in [-0.2, -0.15) is 0 Å². The van der Waals surface area contributed by atoms with Crippen LogP contribution in [0.1, 0.15) is 13.3 Å². The van der Waals surface area contributed by atoms with E-state index >= 15 is 0 Å². The van der Waals surface area contributed by atoms with Crippen LogP contribution in [-0.4, -0.2) is 17.1 Å². The van der Waals surface area contributed by atoms with Crippen LogP contribution >= 0.6 is 0 Å². The first kappa shape index (κ1) is 12.4. The van der Waals surface area contributed by atoms with Crippen LogP contribution in [0.3, 0.4) is 0 Å². The number of hydrogen-bond acceptors (Lipinski definition) is 3. The summed E-state index contributed by atoms with van der Waals surface area (Å²) < 4.78 is 0. The van der Waals surface area contributed by atoms with E-state index < -0.39 is 6.04 Å². The van der Waals surface area contributed by atoms with Crippen molar-refractivity contribution < 1.29 is 9.90 Å².